The van der Waals surface area contributed by atoms with Crippen LogP contribution in [0.5, 0.6) is 0 Å². The molecule has 3 atom stereocenters. The third-order valence-electron chi connectivity index (χ3n) is 5.01. The van der Waals surface area contributed by atoms with Gasteiger partial charge < -0.3 is 5.11 Å². The van der Waals surface area contributed by atoms with Crippen LogP contribution in [0, 0.1) is 5.92 Å². The topological polar surface area (TPSA) is 40.5 Å². The maximum Gasteiger partial charge on any atom is 0.306 e. The molecule has 0 saturated carbocycles. The number of piperidine rings is 1. The number of benzene rings is 1. The number of hydrogen-bond donors (Lipinski definition) is 1. The summed E-state index contributed by atoms with van der Waals surface area (Å²) in [5.74, 6) is -0.777. The maximum atomic E-state index is 11.2. The number of rotatable bonds is 2. The summed E-state index contributed by atoms with van der Waals surface area (Å²) in [5.41, 5.74) is 2.95. The van der Waals surface area contributed by atoms with E-state index in [9.17, 15) is 9.90 Å². The molecule has 1 N–H and O–H groups in total. The van der Waals surface area contributed by atoms with Crippen LogP contribution in [0.1, 0.15) is 49.8 Å². The van der Waals surface area contributed by atoms with Gasteiger partial charge in [0.05, 0.1) is 5.92 Å². The minimum atomic E-state index is -0.624. The maximum absolute atomic E-state index is 11.2. The minimum Gasteiger partial charge on any atom is -0.481 e. The third-order valence-corrected chi connectivity index (χ3v) is 5.01. The zero-order chi connectivity index (χ0) is 14.1. The van der Waals surface area contributed by atoms with Crippen molar-refractivity contribution in [2.24, 2.45) is 5.92 Å². The van der Waals surface area contributed by atoms with Crippen molar-refractivity contribution < 1.29 is 9.90 Å². The first-order valence-corrected chi connectivity index (χ1v) is 7.73. The van der Waals surface area contributed by atoms with E-state index < -0.39 is 5.97 Å². The van der Waals surface area contributed by atoms with Gasteiger partial charge in [0.25, 0.3) is 0 Å². The normalized spacial score (nSPS) is 30.8. The summed E-state index contributed by atoms with van der Waals surface area (Å²) in [5, 5.41) is 9.19. The lowest BCUT2D eigenvalue weighted by Crippen LogP contribution is -2.45. The van der Waals surface area contributed by atoms with Gasteiger partial charge in [0.2, 0.25) is 0 Å². The largest absolute Gasteiger partial charge is 0.481 e. The predicted octanol–water partition coefficient (Wildman–Crippen LogP) is 3.25. The summed E-state index contributed by atoms with van der Waals surface area (Å²) in [6.45, 7) is 3.10. The van der Waals surface area contributed by atoms with E-state index in [2.05, 4.69) is 36.1 Å². The molecule has 3 heteroatoms. The van der Waals surface area contributed by atoms with Crippen molar-refractivity contribution in [3.8, 4) is 0 Å². The highest BCUT2D eigenvalue weighted by molar-refractivity contribution is 5.70. The quantitative estimate of drug-likeness (QED) is 0.899. The molecule has 1 aromatic carbocycles. The SMILES string of the molecule is CC1CC(C(=O)O)CCN1C1CCCc2ccccc21. The van der Waals surface area contributed by atoms with Gasteiger partial charge in [-0.25, -0.2) is 0 Å². The molecule has 1 saturated heterocycles. The summed E-state index contributed by atoms with van der Waals surface area (Å²) in [6.07, 6.45) is 5.21. The van der Waals surface area contributed by atoms with E-state index in [1.807, 2.05) is 0 Å². The van der Waals surface area contributed by atoms with Crippen LogP contribution in [0.4, 0.5) is 0 Å². The third kappa shape index (κ3) is 2.47. The first-order valence-electron chi connectivity index (χ1n) is 7.73. The van der Waals surface area contributed by atoms with Crippen LogP contribution in [0.15, 0.2) is 24.3 Å². The molecular formula is C17H23NO2. The molecule has 0 radical (unpaired) electrons. The number of aryl methyl sites for hydroxylation is 1. The summed E-state index contributed by atoms with van der Waals surface area (Å²) in [7, 11) is 0. The van der Waals surface area contributed by atoms with Gasteiger partial charge in [-0.05, 0) is 56.7 Å². The van der Waals surface area contributed by atoms with Crippen molar-refractivity contribution >= 4 is 5.97 Å². The number of fused-ring (bicyclic) bond motifs is 1. The highest BCUT2D eigenvalue weighted by Gasteiger charge is 2.35. The summed E-state index contributed by atoms with van der Waals surface area (Å²) >= 11 is 0. The summed E-state index contributed by atoms with van der Waals surface area (Å²) in [6, 6.07) is 9.61. The average molecular weight is 273 g/mol. The Hall–Kier alpha value is -1.35. The lowest BCUT2D eigenvalue weighted by molar-refractivity contribution is -0.144. The molecule has 0 aromatic heterocycles. The van der Waals surface area contributed by atoms with Crippen LogP contribution in [-0.4, -0.2) is 28.6 Å². The number of carboxylic acids is 1. The van der Waals surface area contributed by atoms with E-state index in [0.29, 0.717) is 12.1 Å². The number of nitrogens with zero attached hydrogens (tertiary/aromatic N) is 1. The standard InChI is InChI=1S/C17H23NO2/c1-12-11-14(17(19)20)9-10-18(12)16-8-4-6-13-5-2-3-7-15(13)16/h2-3,5,7,12,14,16H,4,6,8-11H2,1H3,(H,19,20). The molecular weight excluding hydrogens is 250 g/mol. The van der Waals surface area contributed by atoms with Crippen molar-refractivity contribution in [3.05, 3.63) is 35.4 Å². The fourth-order valence-electron chi connectivity index (χ4n) is 3.95. The Bertz CT molecular complexity index is 500. The smallest absolute Gasteiger partial charge is 0.306 e. The van der Waals surface area contributed by atoms with Crippen molar-refractivity contribution in [1.82, 2.24) is 4.90 Å². The van der Waals surface area contributed by atoms with E-state index in [1.165, 1.54) is 30.4 Å². The van der Waals surface area contributed by atoms with Gasteiger partial charge in [0.15, 0.2) is 0 Å². The number of carbonyl (C=O) groups is 1. The van der Waals surface area contributed by atoms with Crippen molar-refractivity contribution in [1.29, 1.82) is 0 Å². The van der Waals surface area contributed by atoms with Gasteiger partial charge in [-0.1, -0.05) is 24.3 Å². The number of hydrogen-bond acceptors (Lipinski definition) is 2. The Kier molecular flexibility index (Phi) is 3.79. The Balaban J connectivity index is 1.79. The molecule has 0 spiro atoms. The molecule has 3 nitrogen and oxygen atoms in total. The molecule has 20 heavy (non-hydrogen) atoms. The molecule has 108 valence electrons. The first-order chi connectivity index (χ1) is 9.66. The number of aliphatic carboxylic acids is 1. The Morgan fingerprint density at radius 1 is 1.30 bits per heavy atom. The second-order valence-corrected chi connectivity index (χ2v) is 6.25. The van der Waals surface area contributed by atoms with Crippen LogP contribution >= 0.6 is 0 Å². The van der Waals surface area contributed by atoms with Gasteiger partial charge in [0.1, 0.15) is 0 Å². The van der Waals surface area contributed by atoms with Gasteiger partial charge in [-0.2, -0.15) is 0 Å². The molecule has 3 rings (SSSR count). The molecule has 1 heterocycles. The second kappa shape index (κ2) is 5.57. The van der Waals surface area contributed by atoms with Crippen LogP contribution in [-0.2, 0) is 11.2 Å². The van der Waals surface area contributed by atoms with Crippen LogP contribution in [0.25, 0.3) is 0 Å². The Labute approximate surface area is 120 Å². The van der Waals surface area contributed by atoms with Crippen molar-refractivity contribution in [2.45, 2.75) is 51.1 Å². The van der Waals surface area contributed by atoms with Crippen LogP contribution in [0.2, 0.25) is 0 Å². The summed E-state index contributed by atoms with van der Waals surface area (Å²) in [4.78, 5) is 13.7. The fraction of sp³-hybridized carbons (Fsp3) is 0.588. The molecule has 0 bridgehead atoms. The van der Waals surface area contributed by atoms with Crippen LogP contribution < -0.4 is 0 Å². The van der Waals surface area contributed by atoms with E-state index >= 15 is 0 Å². The molecule has 1 aromatic rings. The molecule has 2 aliphatic rings. The zero-order valence-electron chi connectivity index (χ0n) is 12.1. The lowest BCUT2D eigenvalue weighted by Gasteiger charge is -2.43. The molecule has 1 aliphatic carbocycles. The van der Waals surface area contributed by atoms with E-state index in [4.69, 9.17) is 0 Å². The Morgan fingerprint density at radius 2 is 2.10 bits per heavy atom. The number of likely N-dealkylation sites (tertiary alicyclic amines) is 1. The minimum absolute atomic E-state index is 0.153. The lowest BCUT2D eigenvalue weighted by atomic mass is 9.83. The predicted molar refractivity (Wildman–Crippen MR) is 78.6 cm³/mol. The Morgan fingerprint density at radius 3 is 2.85 bits per heavy atom. The average Bonchev–Trinajstić information content (AvgIpc) is 2.46. The molecule has 1 aliphatic heterocycles. The second-order valence-electron chi connectivity index (χ2n) is 6.25. The van der Waals surface area contributed by atoms with Gasteiger partial charge in [-0.3, -0.25) is 9.69 Å². The van der Waals surface area contributed by atoms with E-state index in [0.717, 1.165) is 19.4 Å². The van der Waals surface area contributed by atoms with Gasteiger partial charge >= 0.3 is 5.97 Å². The highest BCUT2D eigenvalue weighted by atomic mass is 16.4. The van der Waals surface area contributed by atoms with Gasteiger partial charge in [0, 0.05) is 12.1 Å². The molecule has 1 fully saturated rings. The summed E-state index contributed by atoms with van der Waals surface area (Å²) < 4.78 is 0. The van der Waals surface area contributed by atoms with Crippen molar-refractivity contribution in [3.63, 3.8) is 0 Å². The number of carboxylic acid groups (broad SMARTS) is 1. The highest BCUT2D eigenvalue weighted by Crippen LogP contribution is 2.38. The van der Waals surface area contributed by atoms with E-state index in [-0.39, 0.29) is 5.92 Å². The van der Waals surface area contributed by atoms with Crippen LogP contribution in [0.3, 0.4) is 0 Å². The zero-order valence-corrected chi connectivity index (χ0v) is 12.1. The first kappa shape index (κ1) is 13.6. The fourth-order valence-corrected chi connectivity index (χ4v) is 3.95. The van der Waals surface area contributed by atoms with Crippen molar-refractivity contribution in [2.75, 3.05) is 6.54 Å². The monoisotopic (exact) mass is 273 g/mol. The van der Waals surface area contributed by atoms with Gasteiger partial charge in [-0.15, -0.1) is 0 Å². The van der Waals surface area contributed by atoms with E-state index in [1.54, 1.807) is 0 Å². The molecule has 0 amide bonds. The molecule has 3 unspecified atom stereocenters.